The van der Waals surface area contributed by atoms with Crippen molar-refractivity contribution < 1.29 is 17.9 Å². The van der Waals surface area contributed by atoms with Gasteiger partial charge in [-0.2, -0.15) is 8.78 Å². The fourth-order valence-electron chi connectivity index (χ4n) is 1.36. The molecule has 0 aliphatic heterocycles. The van der Waals surface area contributed by atoms with Crippen molar-refractivity contribution >= 4 is 14.1 Å². The van der Waals surface area contributed by atoms with Crippen LogP contribution in [0.1, 0.15) is 26.3 Å². The summed E-state index contributed by atoms with van der Waals surface area (Å²) in [5.74, 6) is 0.305. The fourth-order valence-corrected chi connectivity index (χ4v) is 2.37. The molecule has 0 amide bonds. The summed E-state index contributed by atoms with van der Waals surface area (Å²) in [6.07, 6.45) is -1.79. The van der Waals surface area contributed by atoms with Gasteiger partial charge in [-0.1, -0.05) is 20.8 Å². The van der Waals surface area contributed by atoms with E-state index in [2.05, 4.69) is 0 Å². The van der Waals surface area contributed by atoms with Crippen molar-refractivity contribution in [3.63, 3.8) is 0 Å². The van der Waals surface area contributed by atoms with Crippen LogP contribution in [0.5, 0.6) is 5.75 Å². The minimum absolute atomic E-state index is 0.139. The topological polar surface area (TPSA) is 18.5 Å². The van der Waals surface area contributed by atoms with Gasteiger partial charge in [0, 0.05) is 5.56 Å². The van der Waals surface area contributed by atoms with E-state index in [1.165, 1.54) is 7.11 Å². The van der Waals surface area contributed by atoms with E-state index in [0.29, 0.717) is 11.3 Å². The average Bonchev–Trinajstić information content (AvgIpc) is 2.34. The highest BCUT2D eigenvalue weighted by atomic mass is 28.4. The number of ether oxygens (including phenoxy) is 1. The lowest BCUT2D eigenvalue weighted by Crippen LogP contribution is -2.40. The van der Waals surface area contributed by atoms with Gasteiger partial charge in [0.25, 0.3) is 8.32 Å². The molecule has 5 heteroatoms. The lowest BCUT2D eigenvalue weighted by Gasteiger charge is -2.37. The van der Waals surface area contributed by atoms with Gasteiger partial charge in [-0.05, 0) is 42.4 Å². The van der Waals surface area contributed by atoms with Gasteiger partial charge < -0.3 is 9.16 Å². The van der Waals surface area contributed by atoms with E-state index in [-0.39, 0.29) is 10.8 Å². The number of halogens is 2. The molecule has 0 radical (unpaired) electrons. The summed E-state index contributed by atoms with van der Waals surface area (Å²) in [4.78, 5) is 0. The van der Waals surface area contributed by atoms with E-state index in [9.17, 15) is 8.78 Å². The molecule has 0 unspecified atom stereocenters. The summed E-state index contributed by atoms with van der Waals surface area (Å²) in [6.45, 7) is 9.93. The van der Waals surface area contributed by atoms with E-state index in [0.717, 1.165) is 0 Å². The molecule has 1 aromatic rings. The molecule has 2 nitrogen and oxygen atoms in total. The van der Waals surface area contributed by atoms with Crippen LogP contribution < -0.4 is 4.74 Å². The minimum Gasteiger partial charge on any atom is -0.540 e. The zero-order valence-corrected chi connectivity index (χ0v) is 13.9. The molecule has 1 rings (SSSR count). The molecule has 0 spiro atoms. The summed E-state index contributed by atoms with van der Waals surface area (Å²) in [6, 6.07) is 6.46. The van der Waals surface area contributed by atoms with Crippen molar-refractivity contribution in [2.24, 2.45) is 0 Å². The summed E-state index contributed by atoms with van der Waals surface area (Å²) < 4.78 is 37.2. The van der Waals surface area contributed by atoms with Gasteiger partial charge in [0.2, 0.25) is 0 Å². The summed E-state index contributed by atoms with van der Waals surface area (Å²) in [7, 11) is -0.769. The number of hydrogen-bond donors (Lipinski definition) is 0. The number of hydrogen-bond acceptors (Lipinski definition) is 2. The molecule has 0 aromatic heterocycles. The molecule has 1 aromatic carbocycles. The van der Waals surface area contributed by atoms with Crippen LogP contribution in [0, 0.1) is 0 Å². The Kier molecular flexibility index (Phi) is 4.97. The quantitative estimate of drug-likeness (QED) is 0.556. The lowest BCUT2D eigenvalue weighted by molar-refractivity contribution is 0.372. The molecule has 0 saturated heterocycles. The zero-order valence-electron chi connectivity index (χ0n) is 12.9. The molecule has 0 aliphatic rings. The van der Waals surface area contributed by atoms with Crippen molar-refractivity contribution in [2.75, 3.05) is 7.11 Å². The third-order valence-electron chi connectivity index (χ3n) is 3.69. The van der Waals surface area contributed by atoms with Crippen molar-refractivity contribution in [3.8, 4) is 5.75 Å². The average molecular weight is 300 g/mol. The van der Waals surface area contributed by atoms with Gasteiger partial charge in [0.1, 0.15) is 5.75 Å². The number of benzene rings is 1. The first-order valence-corrected chi connectivity index (χ1v) is 9.38. The summed E-state index contributed by atoms with van der Waals surface area (Å²) in [5, 5.41) is -0.139. The van der Waals surface area contributed by atoms with Crippen LogP contribution in [-0.4, -0.2) is 15.4 Å². The third kappa shape index (κ3) is 3.82. The highest BCUT2D eigenvalue weighted by molar-refractivity contribution is 6.74. The van der Waals surface area contributed by atoms with E-state index in [1.807, 2.05) is 33.9 Å². The molecule has 0 aliphatic carbocycles. The van der Waals surface area contributed by atoms with E-state index >= 15 is 0 Å². The van der Waals surface area contributed by atoms with Crippen molar-refractivity contribution in [1.29, 1.82) is 0 Å². The van der Waals surface area contributed by atoms with E-state index in [4.69, 9.17) is 9.16 Å². The first-order valence-electron chi connectivity index (χ1n) is 6.47. The molecule has 0 bridgehead atoms. The largest absolute Gasteiger partial charge is 0.540 e. The Labute approximate surface area is 120 Å². The number of methoxy groups -OCH3 is 1. The predicted octanol–water partition coefficient (Wildman–Crippen LogP) is 5.28. The van der Waals surface area contributed by atoms with Crippen LogP contribution in [0.25, 0.3) is 5.76 Å². The molecule has 0 heterocycles. The van der Waals surface area contributed by atoms with Gasteiger partial charge in [0.05, 0.1) is 7.11 Å². The Morgan fingerprint density at radius 2 is 1.55 bits per heavy atom. The first-order chi connectivity index (χ1) is 9.08. The maximum atomic E-state index is 13.2. The Morgan fingerprint density at radius 1 is 1.05 bits per heavy atom. The van der Waals surface area contributed by atoms with Crippen molar-refractivity contribution in [3.05, 3.63) is 35.9 Å². The predicted molar refractivity (Wildman–Crippen MR) is 80.4 cm³/mol. The molecular weight excluding hydrogens is 278 g/mol. The molecule has 112 valence electrons. The van der Waals surface area contributed by atoms with Crippen molar-refractivity contribution in [1.82, 2.24) is 0 Å². The van der Waals surface area contributed by atoms with Crippen LogP contribution in [0.4, 0.5) is 8.78 Å². The Bertz CT molecular complexity index is 484. The lowest BCUT2D eigenvalue weighted by atomic mass is 10.2. The monoisotopic (exact) mass is 300 g/mol. The van der Waals surface area contributed by atoms with Crippen molar-refractivity contribution in [2.45, 2.75) is 38.9 Å². The van der Waals surface area contributed by atoms with E-state index in [1.54, 1.807) is 24.3 Å². The van der Waals surface area contributed by atoms with Crippen LogP contribution >= 0.6 is 0 Å². The fraction of sp³-hybridized carbons (Fsp3) is 0.467. The molecule has 0 fully saturated rings. The summed E-state index contributed by atoms with van der Waals surface area (Å²) >= 11 is 0. The Morgan fingerprint density at radius 3 is 1.90 bits per heavy atom. The SMILES string of the molecule is COc1ccc(C(O[Si](C)(C)C(C)(C)C)=C(F)F)cc1. The second-order valence-electron chi connectivity index (χ2n) is 6.18. The van der Waals surface area contributed by atoms with Gasteiger partial charge in [0.15, 0.2) is 5.76 Å². The smallest absolute Gasteiger partial charge is 0.311 e. The first kappa shape index (κ1) is 16.7. The molecule has 0 N–H and O–H groups in total. The third-order valence-corrected chi connectivity index (χ3v) is 8.01. The maximum absolute atomic E-state index is 13.2. The zero-order chi connectivity index (χ0) is 15.6. The van der Waals surface area contributed by atoms with Crippen LogP contribution in [-0.2, 0) is 4.43 Å². The maximum Gasteiger partial charge on any atom is 0.311 e. The Hall–Kier alpha value is -1.36. The molecular formula is C15H22F2O2Si. The Balaban J connectivity index is 3.11. The second-order valence-corrected chi connectivity index (χ2v) is 10.9. The molecule has 20 heavy (non-hydrogen) atoms. The minimum atomic E-state index is -2.30. The van der Waals surface area contributed by atoms with Gasteiger partial charge in [-0.3, -0.25) is 0 Å². The highest BCUT2D eigenvalue weighted by Gasteiger charge is 2.40. The second kappa shape index (κ2) is 5.95. The van der Waals surface area contributed by atoms with Gasteiger partial charge in [-0.15, -0.1) is 0 Å². The molecule has 0 saturated carbocycles. The molecule has 0 atom stereocenters. The van der Waals surface area contributed by atoms with Gasteiger partial charge in [-0.25, -0.2) is 0 Å². The standard InChI is InChI=1S/C15H22F2O2Si/c1-15(2,3)20(5,6)19-13(14(16)17)11-7-9-12(18-4)10-8-11/h7-10H,1-6H3. The highest BCUT2D eigenvalue weighted by Crippen LogP contribution is 2.40. The van der Waals surface area contributed by atoms with Crippen LogP contribution in [0.2, 0.25) is 18.1 Å². The van der Waals surface area contributed by atoms with Crippen LogP contribution in [0.3, 0.4) is 0 Å². The summed E-state index contributed by atoms with van der Waals surface area (Å²) in [5.41, 5.74) is 0.371. The van der Waals surface area contributed by atoms with Gasteiger partial charge >= 0.3 is 6.08 Å². The normalized spacial score (nSPS) is 12.0. The number of rotatable bonds is 4. The van der Waals surface area contributed by atoms with Crippen LogP contribution in [0.15, 0.2) is 30.3 Å². The van der Waals surface area contributed by atoms with E-state index < -0.39 is 14.4 Å².